The van der Waals surface area contributed by atoms with Gasteiger partial charge in [0.05, 0.1) is 6.20 Å². The van der Waals surface area contributed by atoms with Crippen LogP contribution in [0, 0.1) is 0 Å². The lowest BCUT2D eigenvalue weighted by Gasteiger charge is -2.02. The van der Waals surface area contributed by atoms with Gasteiger partial charge in [0.15, 0.2) is 0 Å². The van der Waals surface area contributed by atoms with Gasteiger partial charge in [-0.1, -0.05) is 13.8 Å². The summed E-state index contributed by atoms with van der Waals surface area (Å²) in [6.07, 6.45) is 1.71. The molecule has 62 valence electrons. The molecule has 12 heavy (non-hydrogen) atoms. The maximum atomic E-state index is 3.96. The molecule has 0 aliphatic heterocycles. The van der Waals surface area contributed by atoms with Gasteiger partial charge in [0.2, 0.25) is 5.65 Å². The minimum Gasteiger partial charge on any atom is -0.155 e. The summed E-state index contributed by atoms with van der Waals surface area (Å²) < 4.78 is 1.44. The second-order valence-electron chi connectivity index (χ2n) is 2.93. The molecule has 2 aromatic rings. The summed E-state index contributed by atoms with van der Waals surface area (Å²) in [6, 6.07) is 1.94. The first-order chi connectivity index (χ1) is 5.79. The van der Waals surface area contributed by atoms with Gasteiger partial charge in [0.1, 0.15) is 0 Å². The van der Waals surface area contributed by atoms with Gasteiger partial charge in [-0.25, -0.2) is 0 Å². The van der Waals surface area contributed by atoms with Crippen molar-refractivity contribution in [3.63, 3.8) is 0 Å². The third kappa shape index (κ3) is 0.939. The molecule has 0 radical (unpaired) electrons. The normalized spacial score (nSPS) is 11.2. The highest BCUT2D eigenvalue weighted by Crippen LogP contribution is 2.15. The van der Waals surface area contributed by atoms with Crippen LogP contribution in [0.15, 0.2) is 12.3 Å². The molecule has 0 saturated heterocycles. The molecule has 0 bridgehead atoms. The first kappa shape index (κ1) is 7.15. The number of hydrogen-bond donors (Lipinski definition) is 0. The molecule has 2 aromatic heterocycles. The fourth-order valence-electron chi connectivity index (χ4n) is 1.14. The summed E-state index contributed by atoms with van der Waals surface area (Å²) in [5.41, 5.74) is 1.86. The van der Waals surface area contributed by atoms with Gasteiger partial charge in [-0.2, -0.15) is 5.10 Å². The lowest BCUT2D eigenvalue weighted by Crippen LogP contribution is -1.98. The Hall–Kier alpha value is -1.52. The minimum atomic E-state index is 0.418. The van der Waals surface area contributed by atoms with E-state index in [4.69, 9.17) is 0 Å². The van der Waals surface area contributed by atoms with E-state index in [1.54, 1.807) is 6.20 Å². The van der Waals surface area contributed by atoms with Crippen LogP contribution in [0.5, 0.6) is 0 Å². The number of aromatic nitrogens is 5. The van der Waals surface area contributed by atoms with E-state index in [1.165, 1.54) is 4.63 Å². The number of fused-ring (bicyclic) bond motifs is 1. The highest BCUT2D eigenvalue weighted by Gasteiger charge is 2.07. The Balaban J connectivity index is 2.73. The predicted molar refractivity (Wildman–Crippen MR) is 42.7 cm³/mol. The first-order valence-corrected chi connectivity index (χ1v) is 3.82. The van der Waals surface area contributed by atoms with E-state index in [1.807, 2.05) is 6.07 Å². The molecule has 2 heterocycles. The van der Waals surface area contributed by atoms with Crippen LogP contribution in [0.4, 0.5) is 0 Å². The molecule has 0 fully saturated rings. The SMILES string of the molecule is CC(C)c1ccnn2nnnc12. The van der Waals surface area contributed by atoms with Crippen molar-refractivity contribution in [3.8, 4) is 0 Å². The van der Waals surface area contributed by atoms with Crippen molar-refractivity contribution in [2.24, 2.45) is 0 Å². The van der Waals surface area contributed by atoms with Gasteiger partial charge < -0.3 is 0 Å². The summed E-state index contributed by atoms with van der Waals surface area (Å²) in [5, 5.41) is 15.1. The second-order valence-corrected chi connectivity index (χ2v) is 2.93. The molecule has 0 atom stereocenters. The molecule has 0 aliphatic carbocycles. The Morgan fingerprint density at radius 1 is 1.42 bits per heavy atom. The number of rotatable bonds is 1. The molecule has 0 amide bonds. The molecule has 0 aromatic carbocycles. The molecule has 0 saturated carbocycles. The summed E-state index contributed by atoms with van der Waals surface area (Å²) in [6.45, 7) is 4.20. The van der Waals surface area contributed by atoms with Gasteiger partial charge in [0.25, 0.3) is 0 Å². The molecule has 0 aliphatic rings. The van der Waals surface area contributed by atoms with Crippen molar-refractivity contribution < 1.29 is 0 Å². The summed E-state index contributed by atoms with van der Waals surface area (Å²) in [4.78, 5) is 0. The molecule has 2 rings (SSSR count). The molecular weight excluding hydrogens is 154 g/mol. The maximum Gasteiger partial charge on any atom is 0.203 e. The molecule has 5 nitrogen and oxygen atoms in total. The van der Waals surface area contributed by atoms with Crippen LogP contribution in [0.25, 0.3) is 5.65 Å². The average Bonchev–Trinajstić information content (AvgIpc) is 2.49. The number of tetrazole rings is 1. The number of hydrogen-bond acceptors (Lipinski definition) is 4. The van der Waals surface area contributed by atoms with E-state index in [9.17, 15) is 0 Å². The Morgan fingerprint density at radius 3 is 3.00 bits per heavy atom. The van der Waals surface area contributed by atoms with Crippen LogP contribution in [-0.2, 0) is 0 Å². The van der Waals surface area contributed by atoms with Crippen LogP contribution in [0.2, 0.25) is 0 Å². The molecule has 0 unspecified atom stereocenters. The Labute approximate surface area is 69.4 Å². The van der Waals surface area contributed by atoms with Crippen molar-refractivity contribution >= 4 is 5.65 Å². The van der Waals surface area contributed by atoms with E-state index in [0.717, 1.165) is 11.2 Å². The van der Waals surface area contributed by atoms with Gasteiger partial charge >= 0.3 is 0 Å². The summed E-state index contributed by atoms with van der Waals surface area (Å²) in [5.74, 6) is 0.418. The van der Waals surface area contributed by atoms with E-state index >= 15 is 0 Å². The van der Waals surface area contributed by atoms with Crippen molar-refractivity contribution in [1.29, 1.82) is 0 Å². The lowest BCUT2D eigenvalue weighted by atomic mass is 10.1. The lowest BCUT2D eigenvalue weighted by molar-refractivity contribution is 0.724. The second kappa shape index (κ2) is 2.51. The Bertz CT molecular complexity index is 391. The predicted octanol–water partition coefficient (Wildman–Crippen LogP) is 0.643. The van der Waals surface area contributed by atoms with E-state index < -0.39 is 0 Å². The van der Waals surface area contributed by atoms with Crippen LogP contribution in [0.1, 0.15) is 25.3 Å². The van der Waals surface area contributed by atoms with Crippen molar-refractivity contribution in [1.82, 2.24) is 25.3 Å². The number of nitrogens with zero attached hydrogens (tertiary/aromatic N) is 5. The van der Waals surface area contributed by atoms with Crippen LogP contribution in [-0.4, -0.2) is 25.3 Å². The molecule has 0 spiro atoms. The fraction of sp³-hybridized carbons (Fsp3) is 0.429. The third-order valence-electron chi connectivity index (χ3n) is 1.76. The highest BCUT2D eigenvalue weighted by atomic mass is 15.6. The minimum absolute atomic E-state index is 0.418. The van der Waals surface area contributed by atoms with Gasteiger partial charge in [-0.05, 0) is 22.4 Å². The smallest absolute Gasteiger partial charge is 0.155 e. The van der Waals surface area contributed by atoms with Crippen molar-refractivity contribution in [2.75, 3.05) is 0 Å². The maximum absolute atomic E-state index is 3.96. The topological polar surface area (TPSA) is 56.0 Å². The quantitative estimate of drug-likeness (QED) is 0.619. The third-order valence-corrected chi connectivity index (χ3v) is 1.76. The Kier molecular flexibility index (Phi) is 1.49. The van der Waals surface area contributed by atoms with Crippen molar-refractivity contribution in [2.45, 2.75) is 19.8 Å². The standard InChI is InChI=1S/C7H9N5/c1-5(2)6-3-4-8-12-7(6)9-10-11-12/h3-5H,1-2H3. The van der Waals surface area contributed by atoms with E-state index in [2.05, 4.69) is 34.5 Å². The van der Waals surface area contributed by atoms with Gasteiger partial charge in [-0.15, -0.1) is 9.73 Å². The van der Waals surface area contributed by atoms with Crippen molar-refractivity contribution in [3.05, 3.63) is 17.8 Å². The monoisotopic (exact) mass is 163 g/mol. The van der Waals surface area contributed by atoms with Crippen LogP contribution in [0.3, 0.4) is 0 Å². The van der Waals surface area contributed by atoms with Crippen LogP contribution < -0.4 is 0 Å². The fourth-order valence-corrected chi connectivity index (χ4v) is 1.14. The average molecular weight is 163 g/mol. The van der Waals surface area contributed by atoms with E-state index in [0.29, 0.717) is 5.92 Å². The highest BCUT2D eigenvalue weighted by molar-refractivity contribution is 5.45. The van der Waals surface area contributed by atoms with Gasteiger partial charge in [0, 0.05) is 5.56 Å². The molecule has 5 heteroatoms. The van der Waals surface area contributed by atoms with E-state index in [-0.39, 0.29) is 0 Å². The van der Waals surface area contributed by atoms with Crippen LogP contribution >= 0.6 is 0 Å². The zero-order valence-electron chi connectivity index (χ0n) is 6.97. The summed E-state index contributed by atoms with van der Waals surface area (Å²) in [7, 11) is 0. The Morgan fingerprint density at radius 2 is 2.25 bits per heavy atom. The molecular formula is C7H9N5. The first-order valence-electron chi connectivity index (χ1n) is 3.82. The molecule has 0 N–H and O–H groups in total. The zero-order chi connectivity index (χ0) is 8.55. The largest absolute Gasteiger partial charge is 0.203 e. The zero-order valence-corrected chi connectivity index (χ0v) is 6.97. The van der Waals surface area contributed by atoms with Gasteiger partial charge in [-0.3, -0.25) is 0 Å². The summed E-state index contributed by atoms with van der Waals surface area (Å²) >= 11 is 0.